The molecule has 3 unspecified atom stereocenters. The molecule has 0 aromatic heterocycles. The van der Waals surface area contributed by atoms with Crippen LogP contribution in [-0.2, 0) is 9.84 Å². The third-order valence-electron chi connectivity index (χ3n) is 4.24. The predicted molar refractivity (Wildman–Crippen MR) is 83.6 cm³/mol. The standard InChI is InChI=1S/C15H21ClO4S/c1-20-14-7-6-11(9-13(14)16)15(17)10-4-3-5-12(8-10)21(2,18)19/h6-7,9-10,12,15,17H,3-5,8H2,1-2H3. The number of hydrogen-bond acceptors (Lipinski definition) is 4. The van der Waals surface area contributed by atoms with Crippen LogP contribution < -0.4 is 4.74 Å². The molecule has 1 aromatic carbocycles. The monoisotopic (exact) mass is 332 g/mol. The minimum atomic E-state index is -3.05. The van der Waals surface area contributed by atoms with E-state index in [4.69, 9.17) is 16.3 Å². The summed E-state index contributed by atoms with van der Waals surface area (Å²) in [6, 6.07) is 5.19. The second-order valence-electron chi connectivity index (χ2n) is 5.72. The van der Waals surface area contributed by atoms with Crippen LogP contribution in [-0.4, -0.2) is 32.1 Å². The number of aliphatic hydroxyl groups is 1. The van der Waals surface area contributed by atoms with Gasteiger partial charge in [-0.2, -0.15) is 0 Å². The first-order valence-corrected chi connectivity index (χ1v) is 9.36. The van der Waals surface area contributed by atoms with E-state index in [2.05, 4.69) is 0 Å². The molecule has 0 saturated heterocycles. The summed E-state index contributed by atoms with van der Waals surface area (Å²) in [6.45, 7) is 0. The van der Waals surface area contributed by atoms with Gasteiger partial charge in [0, 0.05) is 6.26 Å². The highest BCUT2D eigenvalue weighted by Gasteiger charge is 2.33. The minimum Gasteiger partial charge on any atom is -0.495 e. The minimum absolute atomic E-state index is 0.0528. The van der Waals surface area contributed by atoms with Crippen molar-refractivity contribution in [1.29, 1.82) is 0 Å². The van der Waals surface area contributed by atoms with Gasteiger partial charge >= 0.3 is 0 Å². The number of ether oxygens (including phenoxy) is 1. The fraction of sp³-hybridized carbons (Fsp3) is 0.600. The molecule has 0 spiro atoms. The van der Waals surface area contributed by atoms with Gasteiger partial charge in [-0.15, -0.1) is 0 Å². The Balaban J connectivity index is 2.16. The van der Waals surface area contributed by atoms with E-state index in [0.29, 0.717) is 29.2 Å². The number of methoxy groups -OCH3 is 1. The van der Waals surface area contributed by atoms with Crippen molar-refractivity contribution in [2.75, 3.05) is 13.4 Å². The average Bonchev–Trinajstić information content (AvgIpc) is 2.45. The molecule has 21 heavy (non-hydrogen) atoms. The van der Waals surface area contributed by atoms with Crippen LogP contribution in [0.1, 0.15) is 37.4 Å². The predicted octanol–water partition coefficient (Wildman–Crippen LogP) is 2.99. The van der Waals surface area contributed by atoms with E-state index in [0.717, 1.165) is 12.8 Å². The molecule has 1 fully saturated rings. The lowest BCUT2D eigenvalue weighted by Crippen LogP contribution is -2.30. The quantitative estimate of drug-likeness (QED) is 0.920. The molecule has 2 rings (SSSR count). The molecule has 118 valence electrons. The first-order valence-electron chi connectivity index (χ1n) is 7.03. The first kappa shape index (κ1) is 16.6. The second kappa shape index (κ2) is 6.55. The summed E-state index contributed by atoms with van der Waals surface area (Å²) in [5, 5.41) is 10.6. The topological polar surface area (TPSA) is 63.6 Å². The van der Waals surface area contributed by atoms with E-state index in [-0.39, 0.29) is 11.2 Å². The van der Waals surface area contributed by atoms with Crippen molar-refractivity contribution in [1.82, 2.24) is 0 Å². The molecule has 0 aliphatic heterocycles. The van der Waals surface area contributed by atoms with Gasteiger partial charge in [0.15, 0.2) is 0 Å². The summed E-state index contributed by atoms with van der Waals surface area (Å²) in [5.41, 5.74) is 0.708. The first-order chi connectivity index (χ1) is 9.82. The van der Waals surface area contributed by atoms with Gasteiger partial charge in [-0.05, 0) is 42.9 Å². The second-order valence-corrected chi connectivity index (χ2v) is 8.45. The Kier molecular flexibility index (Phi) is 5.17. The summed E-state index contributed by atoms with van der Waals surface area (Å²) >= 11 is 6.08. The van der Waals surface area contributed by atoms with Crippen molar-refractivity contribution in [3.8, 4) is 5.75 Å². The Bertz CT molecular complexity index is 600. The third-order valence-corrected chi connectivity index (χ3v) is 6.17. The Morgan fingerprint density at radius 2 is 2.10 bits per heavy atom. The largest absolute Gasteiger partial charge is 0.495 e. The van der Waals surface area contributed by atoms with E-state index < -0.39 is 15.9 Å². The maximum Gasteiger partial charge on any atom is 0.150 e. The fourth-order valence-electron chi connectivity index (χ4n) is 3.00. The fourth-order valence-corrected chi connectivity index (χ4v) is 4.45. The van der Waals surface area contributed by atoms with E-state index in [1.54, 1.807) is 18.2 Å². The molecule has 1 aliphatic carbocycles. The summed E-state index contributed by atoms with van der Waals surface area (Å²) in [6.07, 6.45) is 3.42. The Hall–Kier alpha value is -0.780. The van der Waals surface area contributed by atoms with Gasteiger partial charge in [0.25, 0.3) is 0 Å². The number of benzene rings is 1. The van der Waals surface area contributed by atoms with Gasteiger partial charge in [0.05, 0.1) is 23.5 Å². The van der Waals surface area contributed by atoms with Crippen molar-refractivity contribution in [2.24, 2.45) is 5.92 Å². The van der Waals surface area contributed by atoms with Crippen molar-refractivity contribution < 1.29 is 18.3 Å². The Labute approximate surface area is 131 Å². The molecule has 0 radical (unpaired) electrons. The van der Waals surface area contributed by atoms with Crippen LogP contribution in [0.5, 0.6) is 5.75 Å². The summed E-state index contributed by atoms with van der Waals surface area (Å²) < 4.78 is 28.5. The van der Waals surface area contributed by atoms with Crippen LogP contribution in [0.3, 0.4) is 0 Å². The molecule has 1 aromatic rings. The van der Waals surface area contributed by atoms with Crippen LogP contribution in [0.15, 0.2) is 18.2 Å². The highest BCUT2D eigenvalue weighted by atomic mass is 35.5. The molecule has 1 aliphatic rings. The zero-order chi connectivity index (χ0) is 15.6. The lowest BCUT2D eigenvalue weighted by molar-refractivity contribution is 0.0857. The molecule has 4 nitrogen and oxygen atoms in total. The van der Waals surface area contributed by atoms with E-state index in [9.17, 15) is 13.5 Å². The van der Waals surface area contributed by atoms with E-state index >= 15 is 0 Å². The van der Waals surface area contributed by atoms with Crippen LogP contribution in [0, 0.1) is 5.92 Å². The molecule has 0 heterocycles. The van der Waals surface area contributed by atoms with Gasteiger partial charge < -0.3 is 9.84 Å². The molecule has 1 saturated carbocycles. The molecule has 6 heteroatoms. The maximum atomic E-state index is 11.7. The van der Waals surface area contributed by atoms with Crippen LogP contribution in [0.2, 0.25) is 5.02 Å². The SMILES string of the molecule is COc1ccc(C(O)C2CCCC(S(C)(=O)=O)C2)cc1Cl. The summed E-state index contributed by atoms with van der Waals surface area (Å²) in [5.74, 6) is 0.508. The van der Waals surface area contributed by atoms with Crippen LogP contribution >= 0.6 is 11.6 Å². The molecule has 0 bridgehead atoms. The smallest absolute Gasteiger partial charge is 0.150 e. The lowest BCUT2D eigenvalue weighted by Gasteiger charge is -2.31. The molecule has 3 atom stereocenters. The molecule has 0 amide bonds. The Morgan fingerprint density at radius 3 is 2.67 bits per heavy atom. The third kappa shape index (κ3) is 3.90. The van der Waals surface area contributed by atoms with Crippen molar-refractivity contribution in [3.05, 3.63) is 28.8 Å². The highest BCUT2D eigenvalue weighted by molar-refractivity contribution is 7.91. The lowest BCUT2D eigenvalue weighted by atomic mass is 9.82. The molecular formula is C15H21ClO4S. The van der Waals surface area contributed by atoms with Crippen molar-refractivity contribution >= 4 is 21.4 Å². The zero-order valence-corrected chi connectivity index (χ0v) is 13.8. The van der Waals surface area contributed by atoms with E-state index in [1.807, 2.05) is 0 Å². The van der Waals surface area contributed by atoms with Crippen LogP contribution in [0.4, 0.5) is 0 Å². The highest BCUT2D eigenvalue weighted by Crippen LogP contribution is 2.38. The van der Waals surface area contributed by atoms with Gasteiger partial charge in [0.1, 0.15) is 15.6 Å². The van der Waals surface area contributed by atoms with Gasteiger partial charge in [-0.25, -0.2) is 8.42 Å². The number of aliphatic hydroxyl groups excluding tert-OH is 1. The number of halogens is 1. The normalized spacial score (nSPS) is 24.6. The molecule has 1 N–H and O–H groups in total. The number of hydrogen-bond donors (Lipinski definition) is 1. The van der Waals surface area contributed by atoms with Crippen molar-refractivity contribution in [3.63, 3.8) is 0 Å². The van der Waals surface area contributed by atoms with Gasteiger partial charge in [0.2, 0.25) is 0 Å². The maximum absolute atomic E-state index is 11.7. The number of rotatable bonds is 4. The average molecular weight is 333 g/mol. The zero-order valence-electron chi connectivity index (χ0n) is 12.3. The molecular weight excluding hydrogens is 312 g/mol. The summed E-state index contributed by atoms with van der Waals surface area (Å²) in [4.78, 5) is 0. The van der Waals surface area contributed by atoms with Gasteiger partial charge in [-0.3, -0.25) is 0 Å². The Morgan fingerprint density at radius 1 is 1.38 bits per heavy atom. The van der Waals surface area contributed by atoms with Gasteiger partial charge in [-0.1, -0.05) is 24.1 Å². The number of sulfone groups is 1. The summed E-state index contributed by atoms with van der Waals surface area (Å²) in [7, 11) is -1.51. The van der Waals surface area contributed by atoms with E-state index in [1.165, 1.54) is 13.4 Å². The van der Waals surface area contributed by atoms with Crippen LogP contribution in [0.25, 0.3) is 0 Å². The van der Waals surface area contributed by atoms with Crippen molar-refractivity contribution in [2.45, 2.75) is 37.0 Å².